The molecule has 7 heteroatoms. The van der Waals surface area contributed by atoms with E-state index < -0.39 is 11.9 Å². The van der Waals surface area contributed by atoms with Gasteiger partial charge in [-0.1, -0.05) is 24.3 Å². The minimum Gasteiger partial charge on any atom is -0.478 e. The van der Waals surface area contributed by atoms with Crippen molar-refractivity contribution in [2.24, 2.45) is 4.99 Å². The Bertz CT molecular complexity index is 786. The molecule has 0 aliphatic carbocycles. The first kappa shape index (κ1) is 21.3. The second-order valence-corrected chi connectivity index (χ2v) is 6.21. The van der Waals surface area contributed by atoms with Crippen LogP contribution in [0.15, 0.2) is 53.5 Å². The molecule has 0 unspecified atom stereocenters. The first-order valence-corrected chi connectivity index (χ1v) is 9.13. The summed E-state index contributed by atoms with van der Waals surface area (Å²) in [4.78, 5) is 25.9. The van der Waals surface area contributed by atoms with Crippen molar-refractivity contribution in [1.29, 1.82) is 0 Å². The average molecular weight is 383 g/mol. The summed E-state index contributed by atoms with van der Waals surface area (Å²) in [6, 6.07) is 13.5. The number of carboxylic acid groups (broad SMARTS) is 2. The molecule has 0 heterocycles. The third kappa shape index (κ3) is 7.69. The van der Waals surface area contributed by atoms with Gasteiger partial charge in [-0.2, -0.15) is 0 Å². The molecular formula is C21H25N3O4. The molecule has 0 atom stereocenters. The Morgan fingerprint density at radius 1 is 0.786 bits per heavy atom. The highest BCUT2D eigenvalue weighted by Gasteiger charge is 2.01. The molecule has 2 aromatic rings. The summed E-state index contributed by atoms with van der Waals surface area (Å²) in [7, 11) is 0. The molecule has 0 saturated heterocycles. The van der Waals surface area contributed by atoms with Crippen molar-refractivity contribution >= 4 is 18.2 Å². The molecule has 0 aromatic heterocycles. The van der Waals surface area contributed by atoms with Crippen LogP contribution in [-0.2, 0) is 6.42 Å². The van der Waals surface area contributed by atoms with E-state index in [0.29, 0.717) is 12.1 Å². The maximum Gasteiger partial charge on any atom is 0.335 e. The quantitative estimate of drug-likeness (QED) is 0.329. The fourth-order valence-corrected chi connectivity index (χ4v) is 2.50. The third-order valence-corrected chi connectivity index (χ3v) is 4.09. The van der Waals surface area contributed by atoms with Gasteiger partial charge in [-0.05, 0) is 48.4 Å². The second kappa shape index (κ2) is 11.6. The number of carbonyl (C=O) groups is 2. The van der Waals surface area contributed by atoms with Gasteiger partial charge in [0.25, 0.3) is 0 Å². The fourth-order valence-electron chi connectivity index (χ4n) is 2.50. The lowest BCUT2D eigenvalue weighted by Gasteiger charge is -2.06. The van der Waals surface area contributed by atoms with E-state index in [4.69, 9.17) is 10.2 Å². The highest BCUT2D eigenvalue weighted by Crippen LogP contribution is 2.04. The molecule has 2 rings (SSSR count). The van der Waals surface area contributed by atoms with Crippen LogP contribution in [0.2, 0.25) is 0 Å². The number of hydrogen-bond donors (Lipinski definition) is 4. The largest absolute Gasteiger partial charge is 0.478 e. The smallest absolute Gasteiger partial charge is 0.335 e. The number of nitrogens with one attached hydrogen (secondary N) is 2. The summed E-state index contributed by atoms with van der Waals surface area (Å²) < 4.78 is 0. The molecule has 4 N–H and O–H groups in total. The standard InChI is InChI=1S/C21H25N3O4/c25-20(26)18-5-1-16(2-6-18)9-10-22-11-12-23-13-14-24-15-17-3-7-19(8-4-17)21(27)28/h1-8,15,22-23H,9-14H2,(H,25,26)(H,27,28)/b24-15+. The maximum absolute atomic E-state index is 10.8. The second-order valence-electron chi connectivity index (χ2n) is 6.21. The van der Waals surface area contributed by atoms with Crippen molar-refractivity contribution in [1.82, 2.24) is 10.6 Å². The zero-order valence-electron chi connectivity index (χ0n) is 15.6. The molecule has 28 heavy (non-hydrogen) atoms. The number of rotatable bonds is 12. The number of nitrogens with zero attached hydrogens (tertiary/aromatic N) is 1. The molecule has 0 fully saturated rings. The number of benzene rings is 2. The zero-order chi connectivity index (χ0) is 20.2. The fraction of sp³-hybridized carbons (Fsp3) is 0.286. The molecule has 0 saturated carbocycles. The van der Waals surface area contributed by atoms with Crippen LogP contribution in [0.25, 0.3) is 0 Å². The van der Waals surface area contributed by atoms with Crippen molar-refractivity contribution in [3.05, 3.63) is 70.8 Å². The number of hydrogen-bond acceptors (Lipinski definition) is 5. The van der Waals surface area contributed by atoms with Gasteiger partial charge >= 0.3 is 11.9 Å². The highest BCUT2D eigenvalue weighted by molar-refractivity contribution is 5.89. The number of aliphatic imine (C=N–C) groups is 1. The Morgan fingerprint density at radius 3 is 1.89 bits per heavy atom. The Kier molecular flexibility index (Phi) is 8.84. The van der Waals surface area contributed by atoms with E-state index in [-0.39, 0.29) is 5.56 Å². The first-order valence-electron chi connectivity index (χ1n) is 9.13. The van der Waals surface area contributed by atoms with Crippen molar-refractivity contribution in [2.75, 3.05) is 32.7 Å². The van der Waals surface area contributed by atoms with Gasteiger partial charge in [0.1, 0.15) is 0 Å². The number of carboxylic acids is 2. The molecule has 0 aliphatic rings. The zero-order valence-corrected chi connectivity index (χ0v) is 15.6. The van der Waals surface area contributed by atoms with Gasteiger partial charge in [-0.3, -0.25) is 4.99 Å². The monoisotopic (exact) mass is 383 g/mol. The molecule has 0 aliphatic heterocycles. The lowest BCUT2D eigenvalue weighted by Crippen LogP contribution is -2.30. The molecule has 0 amide bonds. The van der Waals surface area contributed by atoms with Gasteiger partial charge in [0.2, 0.25) is 0 Å². The van der Waals surface area contributed by atoms with Gasteiger partial charge in [-0.15, -0.1) is 0 Å². The SMILES string of the molecule is O=C(O)c1ccc(/C=N/CCNCCNCCc2ccc(C(=O)O)cc2)cc1. The summed E-state index contributed by atoms with van der Waals surface area (Å²) in [5.74, 6) is -1.84. The first-order chi connectivity index (χ1) is 13.6. The molecule has 0 bridgehead atoms. The van der Waals surface area contributed by atoms with Gasteiger partial charge in [0.15, 0.2) is 0 Å². The normalized spacial score (nSPS) is 11.0. The third-order valence-electron chi connectivity index (χ3n) is 4.09. The van der Waals surface area contributed by atoms with Crippen molar-refractivity contribution in [3.63, 3.8) is 0 Å². The maximum atomic E-state index is 10.8. The van der Waals surface area contributed by atoms with Crippen molar-refractivity contribution in [3.8, 4) is 0 Å². The van der Waals surface area contributed by atoms with Gasteiger partial charge in [0.05, 0.1) is 17.7 Å². The van der Waals surface area contributed by atoms with E-state index in [9.17, 15) is 9.59 Å². The Labute approximate surface area is 164 Å². The Hall–Kier alpha value is -3.03. The molecule has 148 valence electrons. The molecule has 2 aromatic carbocycles. The van der Waals surface area contributed by atoms with E-state index in [1.54, 1.807) is 42.6 Å². The number of aromatic carboxylic acids is 2. The molecular weight excluding hydrogens is 358 g/mol. The predicted octanol–water partition coefficient (Wildman–Crippen LogP) is 1.92. The van der Waals surface area contributed by atoms with Crippen LogP contribution in [0, 0.1) is 0 Å². The van der Waals surface area contributed by atoms with Gasteiger partial charge < -0.3 is 20.8 Å². The van der Waals surface area contributed by atoms with E-state index in [1.807, 2.05) is 12.1 Å². The van der Waals surface area contributed by atoms with Crippen LogP contribution >= 0.6 is 0 Å². The summed E-state index contributed by atoms with van der Waals surface area (Å²) in [6.45, 7) is 3.92. The van der Waals surface area contributed by atoms with Gasteiger partial charge in [0, 0.05) is 25.8 Å². The molecule has 0 spiro atoms. The summed E-state index contributed by atoms with van der Waals surface area (Å²) in [5, 5.41) is 24.3. The van der Waals surface area contributed by atoms with E-state index in [2.05, 4.69) is 15.6 Å². The predicted molar refractivity (Wildman–Crippen MR) is 109 cm³/mol. The minimum atomic E-state index is -0.933. The van der Waals surface area contributed by atoms with Crippen LogP contribution in [-0.4, -0.2) is 61.1 Å². The lowest BCUT2D eigenvalue weighted by atomic mass is 10.1. The summed E-state index contributed by atoms with van der Waals surface area (Å²) in [5.41, 5.74) is 2.56. The van der Waals surface area contributed by atoms with E-state index >= 15 is 0 Å². The van der Waals surface area contributed by atoms with E-state index in [1.165, 1.54) is 0 Å². The lowest BCUT2D eigenvalue weighted by molar-refractivity contribution is 0.0686. The van der Waals surface area contributed by atoms with Crippen LogP contribution in [0.3, 0.4) is 0 Å². The van der Waals surface area contributed by atoms with Gasteiger partial charge in [-0.25, -0.2) is 9.59 Å². The molecule has 0 radical (unpaired) electrons. The van der Waals surface area contributed by atoms with Crippen LogP contribution in [0.4, 0.5) is 0 Å². The summed E-state index contributed by atoms with van der Waals surface area (Å²) in [6.07, 6.45) is 2.59. The van der Waals surface area contributed by atoms with Crippen molar-refractivity contribution < 1.29 is 19.8 Å². The van der Waals surface area contributed by atoms with E-state index in [0.717, 1.165) is 43.7 Å². The Balaban J connectivity index is 1.50. The van der Waals surface area contributed by atoms with Crippen LogP contribution in [0.1, 0.15) is 31.8 Å². The van der Waals surface area contributed by atoms with Crippen LogP contribution in [0.5, 0.6) is 0 Å². The van der Waals surface area contributed by atoms with Crippen LogP contribution < -0.4 is 10.6 Å². The summed E-state index contributed by atoms with van der Waals surface area (Å²) >= 11 is 0. The highest BCUT2D eigenvalue weighted by atomic mass is 16.4. The van der Waals surface area contributed by atoms with Crippen molar-refractivity contribution in [2.45, 2.75) is 6.42 Å². The molecule has 7 nitrogen and oxygen atoms in total. The topological polar surface area (TPSA) is 111 Å². The average Bonchev–Trinajstić information content (AvgIpc) is 2.70. The Morgan fingerprint density at radius 2 is 1.32 bits per heavy atom. The minimum absolute atomic E-state index is 0.267.